The van der Waals surface area contributed by atoms with Crippen LogP contribution in [0.5, 0.6) is 0 Å². The fraction of sp³-hybridized carbons (Fsp3) is 1.00. The van der Waals surface area contributed by atoms with Gasteiger partial charge in [0.2, 0.25) is 0 Å². The van der Waals surface area contributed by atoms with E-state index < -0.39 is 0 Å². The highest BCUT2D eigenvalue weighted by molar-refractivity contribution is 5.11. The molecule has 3 aliphatic rings. The third-order valence-electron chi connectivity index (χ3n) is 8.63. The Morgan fingerprint density at radius 2 is 1.18 bits per heavy atom. The van der Waals surface area contributed by atoms with E-state index in [1.165, 1.54) is 51.4 Å². The summed E-state index contributed by atoms with van der Waals surface area (Å²) in [6.45, 7) is 10.3. The largest absolute Gasteiger partial charge is 0.0654 e. The minimum Gasteiger partial charge on any atom is -0.0654 e. The van der Waals surface area contributed by atoms with E-state index in [4.69, 9.17) is 0 Å². The highest BCUT2D eigenvalue weighted by Gasteiger charge is 2.63. The summed E-state index contributed by atoms with van der Waals surface area (Å²) in [6, 6.07) is 0. The summed E-state index contributed by atoms with van der Waals surface area (Å²) in [7, 11) is 0. The molecule has 3 fully saturated rings. The Morgan fingerprint density at radius 1 is 0.773 bits per heavy atom. The molecule has 3 aliphatic carbocycles. The molecule has 3 saturated carbocycles. The number of hydrogen-bond acceptors (Lipinski definition) is 0. The van der Waals surface area contributed by atoms with Crippen molar-refractivity contribution in [3.05, 3.63) is 0 Å². The molecular formula is C22H40. The van der Waals surface area contributed by atoms with Crippen LogP contribution in [0.3, 0.4) is 0 Å². The highest BCUT2D eigenvalue weighted by atomic mass is 14.7. The smallest absolute Gasteiger partial charge is 0.0210 e. The van der Waals surface area contributed by atoms with E-state index in [1.54, 1.807) is 25.7 Å². The van der Waals surface area contributed by atoms with Crippen molar-refractivity contribution in [3.8, 4) is 0 Å². The molecule has 0 aromatic carbocycles. The van der Waals surface area contributed by atoms with Crippen LogP contribution in [-0.2, 0) is 0 Å². The molecule has 0 heterocycles. The molecule has 22 heavy (non-hydrogen) atoms. The molecule has 0 amide bonds. The SMILES string of the molecule is CCCC(C)(CCC)C1(C)C2CCCCC2C2CCCCC21. The van der Waals surface area contributed by atoms with Gasteiger partial charge in [-0.3, -0.25) is 0 Å². The van der Waals surface area contributed by atoms with Crippen molar-refractivity contribution < 1.29 is 0 Å². The van der Waals surface area contributed by atoms with Crippen molar-refractivity contribution in [2.45, 2.75) is 105 Å². The molecule has 0 saturated heterocycles. The molecule has 4 atom stereocenters. The monoisotopic (exact) mass is 304 g/mol. The molecule has 0 bridgehead atoms. The fourth-order valence-electron chi connectivity index (χ4n) is 7.77. The third-order valence-corrected chi connectivity index (χ3v) is 8.63. The van der Waals surface area contributed by atoms with Crippen LogP contribution in [0.4, 0.5) is 0 Å². The lowest BCUT2D eigenvalue weighted by Gasteiger charge is -2.54. The predicted molar refractivity (Wildman–Crippen MR) is 96.9 cm³/mol. The summed E-state index contributed by atoms with van der Waals surface area (Å²) in [5.41, 5.74) is 1.22. The summed E-state index contributed by atoms with van der Waals surface area (Å²) >= 11 is 0. The Labute approximate surface area is 139 Å². The molecular weight excluding hydrogens is 264 g/mol. The van der Waals surface area contributed by atoms with Gasteiger partial charge in [-0.15, -0.1) is 0 Å². The second kappa shape index (κ2) is 6.48. The van der Waals surface area contributed by atoms with Gasteiger partial charge in [0.1, 0.15) is 0 Å². The van der Waals surface area contributed by atoms with Gasteiger partial charge in [0.15, 0.2) is 0 Å². The van der Waals surface area contributed by atoms with E-state index in [-0.39, 0.29) is 0 Å². The first-order valence-electron chi connectivity index (χ1n) is 10.6. The standard InChI is InChI=1S/C22H40/c1-5-15-21(3,16-6-2)22(4)19-13-9-7-11-17(19)18-12-8-10-14-20(18)22/h17-20H,5-16H2,1-4H3. The van der Waals surface area contributed by atoms with Crippen LogP contribution >= 0.6 is 0 Å². The first kappa shape index (κ1) is 16.8. The summed E-state index contributed by atoms with van der Waals surface area (Å²) in [5.74, 6) is 4.30. The Kier molecular flexibility index (Phi) is 4.96. The lowest BCUT2D eigenvalue weighted by molar-refractivity contribution is -0.0513. The number of fused-ring (bicyclic) bond motifs is 3. The van der Waals surface area contributed by atoms with Gasteiger partial charge in [0.05, 0.1) is 0 Å². The van der Waals surface area contributed by atoms with E-state index in [2.05, 4.69) is 27.7 Å². The Bertz CT molecular complexity index is 340. The van der Waals surface area contributed by atoms with E-state index in [9.17, 15) is 0 Å². The third kappa shape index (κ3) is 2.39. The van der Waals surface area contributed by atoms with Gasteiger partial charge < -0.3 is 0 Å². The van der Waals surface area contributed by atoms with Gasteiger partial charge in [0, 0.05) is 0 Å². The average Bonchev–Trinajstić information content (AvgIpc) is 2.80. The zero-order chi connectivity index (χ0) is 15.8. The maximum atomic E-state index is 2.78. The summed E-state index contributed by atoms with van der Waals surface area (Å²) in [4.78, 5) is 0. The van der Waals surface area contributed by atoms with E-state index in [1.807, 2.05) is 0 Å². The Balaban J connectivity index is 1.99. The van der Waals surface area contributed by atoms with E-state index >= 15 is 0 Å². The van der Waals surface area contributed by atoms with Crippen molar-refractivity contribution in [1.29, 1.82) is 0 Å². The van der Waals surface area contributed by atoms with E-state index in [0.29, 0.717) is 10.8 Å². The van der Waals surface area contributed by atoms with Gasteiger partial charge in [-0.1, -0.05) is 66.2 Å². The molecule has 0 N–H and O–H groups in total. The molecule has 0 spiro atoms. The van der Waals surface area contributed by atoms with Gasteiger partial charge >= 0.3 is 0 Å². The van der Waals surface area contributed by atoms with Crippen LogP contribution in [0.1, 0.15) is 105 Å². The minimum atomic E-state index is 0.591. The first-order valence-corrected chi connectivity index (χ1v) is 10.6. The van der Waals surface area contributed by atoms with Crippen molar-refractivity contribution in [3.63, 3.8) is 0 Å². The lowest BCUT2D eigenvalue weighted by Crippen LogP contribution is -2.46. The quantitative estimate of drug-likeness (QED) is 0.502. The topological polar surface area (TPSA) is 0 Å². The second-order valence-electron chi connectivity index (χ2n) is 9.45. The first-order chi connectivity index (χ1) is 10.6. The van der Waals surface area contributed by atoms with Crippen LogP contribution in [0.2, 0.25) is 0 Å². The van der Waals surface area contributed by atoms with Crippen LogP contribution in [0.25, 0.3) is 0 Å². The van der Waals surface area contributed by atoms with Gasteiger partial charge in [-0.25, -0.2) is 0 Å². The molecule has 0 aromatic heterocycles. The zero-order valence-electron chi connectivity index (χ0n) is 15.8. The summed E-state index contributed by atoms with van der Waals surface area (Å²) in [5, 5.41) is 0. The van der Waals surface area contributed by atoms with Crippen molar-refractivity contribution in [2.24, 2.45) is 34.5 Å². The molecule has 0 heteroatoms. The van der Waals surface area contributed by atoms with Gasteiger partial charge in [0.25, 0.3) is 0 Å². The molecule has 4 unspecified atom stereocenters. The second-order valence-corrected chi connectivity index (χ2v) is 9.45. The molecule has 0 radical (unpaired) electrons. The lowest BCUT2D eigenvalue weighted by atomic mass is 9.51. The van der Waals surface area contributed by atoms with E-state index in [0.717, 1.165) is 23.7 Å². The van der Waals surface area contributed by atoms with Crippen LogP contribution in [0, 0.1) is 34.5 Å². The minimum absolute atomic E-state index is 0.591. The van der Waals surface area contributed by atoms with Crippen LogP contribution in [-0.4, -0.2) is 0 Å². The Morgan fingerprint density at radius 3 is 1.59 bits per heavy atom. The number of rotatable bonds is 5. The summed E-state index contributed by atoms with van der Waals surface area (Å²) < 4.78 is 0. The normalized spacial score (nSPS) is 42.0. The van der Waals surface area contributed by atoms with Gasteiger partial charge in [-0.05, 0) is 73.0 Å². The number of hydrogen-bond donors (Lipinski definition) is 0. The van der Waals surface area contributed by atoms with Crippen molar-refractivity contribution in [2.75, 3.05) is 0 Å². The Hall–Kier alpha value is 0. The molecule has 0 aromatic rings. The highest BCUT2D eigenvalue weighted by Crippen LogP contribution is 2.70. The van der Waals surface area contributed by atoms with Gasteiger partial charge in [-0.2, -0.15) is 0 Å². The van der Waals surface area contributed by atoms with Crippen molar-refractivity contribution >= 4 is 0 Å². The van der Waals surface area contributed by atoms with Crippen LogP contribution in [0.15, 0.2) is 0 Å². The molecule has 0 aliphatic heterocycles. The maximum absolute atomic E-state index is 2.78. The zero-order valence-corrected chi connectivity index (χ0v) is 15.8. The predicted octanol–water partition coefficient (Wildman–Crippen LogP) is 7.23. The average molecular weight is 305 g/mol. The maximum Gasteiger partial charge on any atom is -0.0210 e. The molecule has 128 valence electrons. The molecule has 0 nitrogen and oxygen atoms in total. The fourth-order valence-corrected chi connectivity index (χ4v) is 7.77. The molecule has 3 rings (SSSR count). The van der Waals surface area contributed by atoms with Crippen LogP contribution < -0.4 is 0 Å². The van der Waals surface area contributed by atoms with Crippen molar-refractivity contribution in [1.82, 2.24) is 0 Å². The summed E-state index contributed by atoms with van der Waals surface area (Å²) in [6.07, 6.45) is 18.0.